The van der Waals surface area contributed by atoms with Crippen molar-refractivity contribution in [1.82, 2.24) is 0 Å². The molecule has 0 spiro atoms. The van der Waals surface area contributed by atoms with Crippen LogP contribution in [0, 0.1) is 0 Å². The number of carbonyl (C=O) groups is 1. The van der Waals surface area contributed by atoms with Crippen LogP contribution in [-0.2, 0) is 0 Å². The third kappa shape index (κ3) is 2.19. The standard InChI is InChI=1S/C10H12O5/c1-14-6-3-7(12)10(8(13)5-11)9(4-6)15-2/h3-4,11-12H,5H2,1-2H3. The summed E-state index contributed by atoms with van der Waals surface area (Å²) >= 11 is 0. The highest BCUT2D eigenvalue weighted by Gasteiger charge is 2.18. The topological polar surface area (TPSA) is 76.0 Å². The van der Waals surface area contributed by atoms with Crippen LogP contribution in [0.15, 0.2) is 12.1 Å². The third-order valence-corrected chi connectivity index (χ3v) is 1.93. The van der Waals surface area contributed by atoms with E-state index < -0.39 is 12.4 Å². The highest BCUT2D eigenvalue weighted by Crippen LogP contribution is 2.33. The third-order valence-electron chi connectivity index (χ3n) is 1.93. The number of carbonyl (C=O) groups excluding carboxylic acids is 1. The molecule has 0 saturated carbocycles. The molecule has 1 aromatic rings. The van der Waals surface area contributed by atoms with Gasteiger partial charge < -0.3 is 19.7 Å². The molecule has 5 heteroatoms. The maximum atomic E-state index is 11.3. The highest BCUT2D eigenvalue weighted by molar-refractivity contribution is 6.02. The van der Waals surface area contributed by atoms with Gasteiger partial charge in [0.15, 0.2) is 5.78 Å². The predicted octanol–water partition coefficient (Wildman–Crippen LogP) is 0.584. The molecule has 1 rings (SSSR count). The summed E-state index contributed by atoms with van der Waals surface area (Å²) in [5, 5.41) is 18.3. The summed E-state index contributed by atoms with van der Waals surface area (Å²) in [5.41, 5.74) is -0.0409. The van der Waals surface area contributed by atoms with Crippen molar-refractivity contribution in [3.05, 3.63) is 17.7 Å². The number of hydrogen-bond acceptors (Lipinski definition) is 5. The van der Waals surface area contributed by atoms with Crippen molar-refractivity contribution in [1.29, 1.82) is 0 Å². The molecule has 0 aromatic heterocycles. The largest absolute Gasteiger partial charge is 0.507 e. The Hall–Kier alpha value is -1.75. The summed E-state index contributed by atoms with van der Waals surface area (Å²) in [6, 6.07) is 2.74. The van der Waals surface area contributed by atoms with Crippen molar-refractivity contribution in [3.63, 3.8) is 0 Å². The van der Waals surface area contributed by atoms with Gasteiger partial charge in [0.25, 0.3) is 0 Å². The zero-order valence-electron chi connectivity index (χ0n) is 8.48. The molecular formula is C10H12O5. The Balaban J connectivity index is 3.30. The molecule has 0 heterocycles. The van der Waals surface area contributed by atoms with Crippen LogP contribution in [0.4, 0.5) is 0 Å². The normalized spacial score (nSPS) is 9.80. The number of ketones is 1. The fourth-order valence-corrected chi connectivity index (χ4v) is 1.21. The molecule has 0 fully saturated rings. The van der Waals surface area contributed by atoms with E-state index in [2.05, 4.69) is 0 Å². The first-order valence-corrected chi connectivity index (χ1v) is 4.23. The number of aromatic hydroxyl groups is 1. The number of aliphatic hydroxyl groups is 1. The number of phenolic OH excluding ortho intramolecular Hbond substituents is 1. The van der Waals surface area contributed by atoms with Crippen LogP contribution in [0.5, 0.6) is 17.2 Å². The molecule has 1 aromatic carbocycles. The van der Waals surface area contributed by atoms with E-state index in [0.717, 1.165) is 0 Å². The van der Waals surface area contributed by atoms with Crippen molar-refractivity contribution in [2.45, 2.75) is 0 Å². The average Bonchev–Trinajstić information content (AvgIpc) is 2.26. The second-order valence-corrected chi connectivity index (χ2v) is 2.81. The predicted molar refractivity (Wildman–Crippen MR) is 52.6 cm³/mol. The minimum absolute atomic E-state index is 0.0409. The number of Topliss-reactive ketones (excluding diaryl/α,β-unsaturated/α-hetero) is 1. The van der Waals surface area contributed by atoms with E-state index in [9.17, 15) is 9.90 Å². The SMILES string of the molecule is COc1cc(O)c(C(=O)CO)c(OC)c1. The van der Waals surface area contributed by atoms with Crippen LogP contribution in [-0.4, -0.2) is 36.8 Å². The summed E-state index contributed by atoms with van der Waals surface area (Å²) in [7, 11) is 2.80. The minimum Gasteiger partial charge on any atom is -0.507 e. The van der Waals surface area contributed by atoms with Crippen LogP contribution < -0.4 is 9.47 Å². The quantitative estimate of drug-likeness (QED) is 0.714. The zero-order valence-corrected chi connectivity index (χ0v) is 8.48. The van der Waals surface area contributed by atoms with Gasteiger partial charge in [0, 0.05) is 12.1 Å². The fraction of sp³-hybridized carbons (Fsp3) is 0.300. The molecule has 0 saturated heterocycles. The molecule has 0 amide bonds. The lowest BCUT2D eigenvalue weighted by Crippen LogP contribution is -2.07. The first-order valence-electron chi connectivity index (χ1n) is 4.23. The van der Waals surface area contributed by atoms with E-state index in [1.54, 1.807) is 0 Å². The summed E-state index contributed by atoms with van der Waals surface area (Å²) in [6.07, 6.45) is 0. The van der Waals surface area contributed by atoms with E-state index >= 15 is 0 Å². The van der Waals surface area contributed by atoms with Crippen molar-refractivity contribution >= 4 is 5.78 Å². The monoisotopic (exact) mass is 212 g/mol. The van der Waals surface area contributed by atoms with E-state index in [0.29, 0.717) is 5.75 Å². The molecule has 0 unspecified atom stereocenters. The Labute approximate surface area is 86.9 Å². The summed E-state index contributed by atoms with van der Waals surface area (Å²) in [6.45, 7) is -0.684. The lowest BCUT2D eigenvalue weighted by atomic mass is 10.1. The molecule has 82 valence electrons. The number of methoxy groups -OCH3 is 2. The molecule has 0 aliphatic rings. The number of hydrogen-bond donors (Lipinski definition) is 2. The van der Waals surface area contributed by atoms with E-state index in [1.807, 2.05) is 0 Å². The maximum absolute atomic E-state index is 11.3. The number of ether oxygens (including phenoxy) is 2. The van der Waals surface area contributed by atoms with Gasteiger partial charge in [0.1, 0.15) is 29.4 Å². The van der Waals surface area contributed by atoms with Crippen molar-refractivity contribution in [3.8, 4) is 17.2 Å². The first-order chi connectivity index (χ1) is 7.13. The van der Waals surface area contributed by atoms with Crippen LogP contribution in [0.3, 0.4) is 0 Å². The molecule has 0 radical (unpaired) electrons. The van der Waals surface area contributed by atoms with Crippen LogP contribution in [0.25, 0.3) is 0 Å². The Morgan fingerprint density at radius 1 is 1.33 bits per heavy atom. The molecule has 15 heavy (non-hydrogen) atoms. The molecule has 5 nitrogen and oxygen atoms in total. The minimum atomic E-state index is -0.684. The Bertz CT molecular complexity index is 372. The Morgan fingerprint density at radius 2 is 2.00 bits per heavy atom. The Kier molecular flexibility index (Phi) is 3.51. The summed E-state index contributed by atoms with van der Waals surface area (Å²) < 4.78 is 9.81. The number of phenols is 1. The van der Waals surface area contributed by atoms with E-state index in [4.69, 9.17) is 14.6 Å². The summed E-state index contributed by atoms with van der Waals surface area (Å²) in [4.78, 5) is 11.3. The molecule has 2 N–H and O–H groups in total. The first kappa shape index (κ1) is 11.3. The van der Waals surface area contributed by atoms with Gasteiger partial charge in [-0.3, -0.25) is 4.79 Å². The van der Waals surface area contributed by atoms with E-state index in [1.165, 1.54) is 26.4 Å². The van der Waals surface area contributed by atoms with Crippen LogP contribution >= 0.6 is 0 Å². The second-order valence-electron chi connectivity index (χ2n) is 2.81. The van der Waals surface area contributed by atoms with Crippen LogP contribution in [0.1, 0.15) is 10.4 Å². The van der Waals surface area contributed by atoms with Gasteiger partial charge in [-0.2, -0.15) is 0 Å². The van der Waals surface area contributed by atoms with Gasteiger partial charge >= 0.3 is 0 Å². The maximum Gasteiger partial charge on any atom is 0.195 e. The second kappa shape index (κ2) is 4.65. The fourth-order valence-electron chi connectivity index (χ4n) is 1.21. The lowest BCUT2D eigenvalue weighted by Gasteiger charge is -2.10. The lowest BCUT2D eigenvalue weighted by molar-refractivity contribution is 0.0897. The number of benzene rings is 1. The molecular weight excluding hydrogens is 200 g/mol. The molecule has 0 atom stereocenters. The van der Waals surface area contributed by atoms with Gasteiger partial charge in [0.05, 0.1) is 14.2 Å². The van der Waals surface area contributed by atoms with Crippen molar-refractivity contribution in [2.75, 3.05) is 20.8 Å². The van der Waals surface area contributed by atoms with Gasteiger partial charge in [-0.15, -0.1) is 0 Å². The molecule has 0 aliphatic heterocycles. The average molecular weight is 212 g/mol. The molecule has 0 aliphatic carbocycles. The number of rotatable bonds is 4. The van der Waals surface area contributed by atoms with Crippen molar-refractivity contribution in [2.24, 2.45) is 0 Å². The highest BCUT2D eigenvalue weighted by atomic mass is 16.5. The van der Waals surface area contributed by atoms with Crippen LogP contribution in [0.2, 0.25) is 0 Å². The van der Waals surface area contributed by atoms with E-state index in [-0.39, 0.29) is 17.1 Å². The molecule has 0 bridgehead atoms. The van der Waals surface area contributed by atoms with Gasteiger partial charge in [-0.1, -0.05) is 0 Å². The Morgan fingerprint density at radius 3 is 2.47 bits per heavy atom. The number of aliphatic hydroxyl groups excluding tert-OH is 1. The van der Waals surface area contributed by atoms with Gasteiger partial charge in [-0.05, 0) is 0 Å². The zero-order chi connectivity index (χ0) is 11.4. The van der Waals surface area contributed by atoms with Gasteiger partial charge in [-0.25, -0.2) is 0 Å². The smallest absolute Gasteiger partial charge is 0.195 e. The van der Waals surface area contributed by atoms with Crippen molar-refractivity contribution < 1.29 is 24.5 Å². The van der Waals surface area contributed by atoms with Gasteiger partial charge in [0.2, 0.25) is 0 Å². The summed E-state index contributed by atoms with van der Waals surface area (Å²) in [5.74, 6) is -0.331.